The zero-order valence-corrected chi connectivity index (χ0v) is 13.3. The van der Waals surface area contributed by atoms with E-state index in [4.69, 9.17) is 9.47 Å². The number of methoxy groups -OCH3 is 1. The minimum atomic E-state index is -0.345. The summed E-state index contributed by atoms with van der Waals surface area (Å²) >= 11 is 0. The van der Waals surface area contributed by atoms with Crippen molar-refractivity contribution >= 4 is 5.78 Å². The molecule has 1 fully saturated rings. The molecule has 3 nitrogen and oxygen atoms in total. The van der Waals surface area contributed by atoms with Gasteiger partial charge in [0.15, 0.2) is 5.78 Å². The highest BCUT2D eigenvalue weighted by Crippen LogP contribution is 2.31. The normalized spacial score (nSPS) is 17.7. The zero-order valence-electron chi connectivity index (χ0n) is 13.3. The van der Waals surface area contributed by atoms with E-state index in [2.05, 4.69) is 0 Å². The molecule has 0 amide bonds. The second-order valence-electron chi connectivity index (χ2n) is 6.08. The van der Waals surface area contributed by atoms with Gasteiger partial charge >= 0.3 is 0 Å². The Bertz CT molecular complexity index is 461. The molecule has 1 aliphatic carbocycles. The number of para-hydroxylation sites is 1. The molecule has 1 unspecified atom stereocenters. The molecule has 21 heavy (non-hydrogen) atoms. The second-order valence-corrected chi connectivity index (χ2v) is 6.08. The third-order valence-corrected chi connectivity index (χ3v) is 4.11. The molecule has 1 atom stereocenters. The topological polar surface area (TPSA) is 35.5 Å². The van der Waals surface area contributed by atoms with Crippen LogP contribution in [0.25, 0.3) is 0 Å². The number of rotatable bonds is 6. The van der Waals surface area contributed by atoms with Gasteiger partial charge < -0.3 is 9.47 Å². The zero-order chi connectivity index (χ0) is 15.2. The molecule has 0 saturated heterocycles. The molecule has 1 aromatic rings. The molecule has 0 N–H and O–H groups in total. The van der Waals surface area contributed by atoms with Crippen molar-refractivity contribution in [2.75, 3.05) is 7.11 Å². The summed E-state index contributed by atoms with van der Waals surface area (Å²) in [7, 11) is 1.64. The van der Waals surface area contributed by atoms with Crippen LogP contribution in [0.3, 0.4) is 0 Å². The summed E-state index contributed by atoms with van der Waals surface area (Å²) in [6, 6.07) is 7.49. The Morgan fingerprint density at radius 3 is 2.43 bits per heavy atom. The number of ketones is 1. The van der Waals surface area contributed by atoms with Crippen LogP contribution in [0.4, 0.5) is 0 Å². The molecule has 0 aliphatic heterocycles. The SMILES string of the molecule is COC(C(=O)c1ccccc1OC(C)C)C1CCCCC1. The fourth-order valence-electron chi connectivity index (χ4n) is 3.13. The van der Waals surface area contributed by atoms with Crippen molar-refractivity contribution in [3.05, 3.63) is 29.8 Å². The van der Waals surface area contributed by atoms with Gasteiger partial charge in [-0.1, -0.05) is 31.4 Å². The lowest BCUT2D eigenvalue weighted by molar-refractivity contribution is 0.0310. The summed E-state index contributed by atoms with van der Waals surface area (Å²) in [6.07, 6.45) is 5.53. The molecular weight excluding hydrogens is 264 g/mol. The summed E-state index contributed by atoms with van der Waals surface area (Å²) in [5, 5.41) is 0. The lowest BCUT2D eigenvalue weighted by Crippen LogP contribution is -2.33. The molecule has 2 rings (SSSR count). The van der Waals surface area contributed by atoms with Crippen molar-refractivity contribution in [2.45, 2.75) is 58.2 Å². The molecule has 0 bridgehead atoms. The Morgan fingerprint density at radius 2 is 1.81 bits per heavy atom. The highest BCUT2D eigenvalue weighted by molar-refractivity contribution is 6.02. The van der Waals surface area contributed by atoms with Crippen LogP contribution in [0, 0.1) is 5.92 Å². The van der Waals surface area contributed by atoms with E-state index in [1.807, 2.05) is 38.1 Å². The molecule has 1 aliphatic rings. The average Bonchev–Trinajstić information content (AvgIpc) is 2.49. The molecule has 116 valence electrons. The lowest BCUT2D eigenvalue weighted by atomic mass is 9.82. The first-order chi connectivity index (χ1) is 10.1. The first-order valence-electron chi connectivity index (χ1n) is 7.96. The van der Waals surface area contributed by atoms with E-state index >= 15 is 0 Å². The van der Waals surface area contributed by atoms with Crippen molar-refractivity contribution in [2.24, 2.45) is 5.92 Å². The summed E-state index contributed by atoms with van der Waals surface area (Å²) in [5.41, 5.74) is 0.642. The Labute approximate surface area is 127 Å². The Morgan fingerprint density at radius 1 is 1.14 bits per heavy atom. The molecule has 1 saturated carbocycles. The minimum absolute atomic E-state index is 0.0506. The molecular formula is C18H26O3. The fraction of sp³-hybridized carbons (Fsp3) is 0.611. The summed E-state index contributed by atoms with van der Waals surface area (Å²) in [5.74, 6) is 1.05. The summed E-state index contributed by atoms with van der Waals surface area (Å²) in [6.45, 7) is 3.94. The molecule has 0 radical (unpaired) electrons. The molecule has 1 aromatic carbocycles. The molecule has 0 aromatic heterocycles. The van der Waals surface area contributed by atoms with E-state index in [0.717, 1.165) is 12.8 Å². The van der Waals surface area contributed by atoms with E-state index in [1.54, 1.807) is 7.11 Å². The van der Waals surface area contributed by atoms with Crippen molar-refractivity contribution in [1.82, 2.24) is 0 Å². The Kier molecular flexibility index (Phi) is 5.80. The minimum Gasteiger partial charge on any atom is -0.490 e. The molecule has 0 spiro atoms. The highest BCUT2D eigenvalue weighted by atomic mass is 16.5. The average molecular weight is 290 g/mol. The van der Waals surface area contributed by atoms with Crippen molar-refractivity contribution in [3.8, 4) is 5.75 Å². The van der Waals surface area contributed by atoms with Crippen LogP contribution >= 0.6 is 0 Å². The van der Waals surface area contributed by atoms with Crippen LogP contribution in [-0.4, -0.2) is 25.1 Å². The van der Waals surface area contributed by atoms with Gasteiger partial charge in [-0.3, -0.25) is 4.79 Å². The molecule has 3 heteroatoms. The number of carbonyl (C=O) groups excluding carboxylic acids is 1. The first-order valence-corrected chi connectivity index (χ1v) is 7.96. The monoisotopic (exact) mass is 290 g/mol. The van der Waals surface area contributed by atoms with Crippen LogP contribution in [0.5, 0.6) is 5.75 Å². The highest BCUT2D eigenvalue weighted by Gasteiger charge is 2.31. The number of hydrogen-bond donors (Lipinski definition) is 0. The number of ether oxygens (including phenoxy) is 2. The predicted octanol–water partition coefficient (Wildman–Crippen LogP) is 4.25. The first kappa shape index (κ1) is 16.0. The number of carbonyl (C=O) groups is 1. The van der Waals surface area contributed by atoms with E-state index in [1.165, 1.54) is 19.3 Å². The molecule has 0 heterocycles. The van der Waals surface area contributed by atoms with Crippen molar-refractivity contribution in [1.29, 1.82) is 0 Å². The second kappa shape index (κ2) is 7.60. The van der Waals surface area contributed by atoms with Crippen molar-refractivity contribution in [3.63, 3.8) is 0 Å². The van der Waals surface area contributed by atoms with Gasteiger partial charge in [-0.15, -0.1) is 0 Å². The lowest BCUT2D eigenvalue weighted by Gasteiger charge is -2.28. The van der Waals surface area contributed by atoms with Gasteiger partial charge in [-0.25, -0.2) is 0 Å². The standard InChI is InChI=1S/C18H26O3/c1-13(2)21-16-12-8-7-11-15(16)17(19)18(20-3)14-9-5-4-6-10-14/h7-8,11-14,18H,4-6,9-10H2,1-3H3. The smallest absolute Gasteiger partial charge is 0.195 e. The summed E-state index contributed by atoms with van der Waals surface area (Å²) < 4.78 is 11.3. The van der Waals surface area contributed by atoms with Gasteiger partial charge in [0.25, 0.3) is 0 Å². The van der Waals surface area contributed by atoms with E-state index in [9.17, 15) is 4.79 Å². The van der Waals surface area contributed by atoms with Crippen molar-refractivity contribution < 1.29 is 14.3 Å². The predicted molar refractivity (Wildman–Crippen MR) is 83.9 cm³/mol. The number of benzene rings is 1. The Balaban J connectivity index is 2.20. The fourth-order valence-corrected chi connectivity index (χ4v) is 3.13. The maximum atomic E-state index is 12.9. The maximum Gasteiger partial charge on any atom is 0.195 e. The van der Waals surface area contributed by atoms with Crippen LogP contribution in [0.2, 0.25) is 0 Å². The van der Waals surface area contributed by atoms with Gasteiger partial charge in [-0.05, 0) is 44.7 Å². The number of hydrogen-bond acceptors (Lipinski definition) is 3. The third kappa shape index (κ3) is 4.07. The van der Waals surface area contributed by atoms with Crippen LogP contribution in [0.1, 0.15) is 56.3 Å². The largest absolute Gasteiger partial charge is 0.490 e. The number of Topliss-reactive ketones (excluding diaryl/α,β-unsaturated/α-hetero) is 1. The maximum absolute atomic E-state index is 12.9. The van der Waals surface area contributed by atoms with Crippen LogP contribution < -0.4 is 4.74 Å². The quantitative estimate of drug-likeness (QED) is 0.735. The van der Waals surface area contributed by atoms with Gasteiger partial charge in [0.05, 0.1) is 11.7 Å². The van der Waals surface area contributed by atoms with Crippen LogP contribution in [-0.2, 0) is 4.74 Å². The van der Waals surface area contributed by atoms with E-state index < -0.39 is 0 Å². The van der Waals surface area contributed by atoms with Crippen LogP contribution in [0.15, 0.2) is 24.3 Å². The van der Waals surface area contributed by atoms with Gasteiger partial charge in [0, 0.05) is 7.11 Å². The van der Waals surface area contributed by atoms with Gasteiger partial charge in [0.1, 0.15) is 11.9 Å². The Hall–Kier alpha value is -1.35. The van der Waals surface area contributed by atoms with E-state index in [-0.39, 0.29) is 18.0 Å². The van der Waals surface area contributed by atoms with Gasteiger partial charge in [-0.2, -0.15) is 0 Å². The third-order valence-electron chi connectivity index (χ3n) is 4.11. The van der Waals surface area contributed by atoms with E-state index in [0.29, 0.717) is 17.2 Å². The van der Waals surface area contributed by atoms with Gasteiger partial charge in [0.2, 0.25) is 0 Å². The summed E-state index contributed by atoms with van der Waals surface area (Å²) in [4.78, 5) is 12.9.